The molecule has 0 bridgehead atoms. The van der Waals surface area contributed by atoms with Gasteiger partial charge in [-0.15, -0.1) is 0 Å². The van der Waals surface area contributed by atoms with Gasteiger partial charge in [-0.1, -0.05) is 0 Å². The monoisotopic (exact) mass is 245 g/mol. The summed E-state index contributed by atoms with van der Waals surface area (Å²) < 4.78 is 23.2. The SMILES string of the molecule is CN=C(NCC1CCCS1(=O)=O)NC1CC1. The molecule has 1 heterocycles. The summed E-state index contributed by atoms with van der Waals surface area (Å²) in [5.74, 6) is 1.07. The van der Waals surface area contributed by atoms with Gasteiger partial charge in [0, 0.05) is 19.6 Å². The standard InChI is InChI=1S/C10H19N3O2S/c1-11-10(13-8-4-5-8)12-7-9-3-2-6-16(9,14)15/h8-9H,2-7H2,1H3,(H2,11,12,13). The van der Waals surface area contributed by atoms with Crippen molar-refractivity contribution in [3.8, 4) is 0 Å². The molecule has 1 saturated heterocycles. The predicted molar refractivity (Wildman–Crippen MR) is 64.3 cm³/mol. The van der Waals surface area contributed by atoms with Gasteiger partial charge in [0.15, 0.2) is 15.8 Å². The summed E-state index contributed by atoms with van der Waals surface area (Å²) in [5, 5.41) is 6.10. The van der Waals surface area contributed by atoms with E-state index in [4.69, 9.17) is 0 Å². The lowest BCUT2D eigenvalue weighted by Gasteiger charge is -2.14. The highest BCUT2D eigenvalue weighted by molar-refractivity contribution is 7.92. The Morgan fingerprint density at radius 3 is 2.62 bits per heavy atom. The number of nitrogens with one attached hydrogen (secondary N) is 2. The van der Waals surface area contributed by atoms with Crippen LogP contribution in [-0.2, 0) is 9.84 Å². The average molecular weight is 245 g/mol. The fraction of sp³-hybridized carbons (Fsp3) is 0.900. The van der Waals surface area contributed by atoms with Crippen molar-refractivity contribution < 1.29 is 8.42 Å². The Kier molecular flexibility index (Phi) is 3.37. The predicted octanol–water partition coefficient (Wildman–Crippen LogP) is -0.109. The van der Waals surface area contributed by atoms with Gasteiger partial charge in [0.25, 0.3) is 0 Å². The number of sulfone groups is 1. The first kappa shape index (κ1) is 11.7. The number of hydrogen-bond acceptors (Lipinski definition) is 3. The van der Waals surface area contributed by atoms with Crippen LogP contribution in [0.2, 0.25) is 0 Å². The van der Waals surface area contributed by atoms with Crippen LogP contribution in [0.4, 0.5) is 0 Å². The van der Waals surface area contributed by atoms with Crippen molar-refractivity contribution in [2.24, 2.45) is 4.99 Å². The maximum Gasteiger partial charge on any atom is 0.191 e. The molecule has 0 aromatic heterocycles. The molecule has 0 spiro atoms. The van der Waals surface area contributed by atoms with Crippen molar-refractivity contribution in [1.29, 1.82) is 0 Å². The van der Waals surface area contributed by atoms with Gasteiger partial charge < -0.3 is 10.6 Å². The minimum Gasteiger partial charge on any atom is -0.355 e. The van der Waals surface area contributed by atoms with Crippen LogP contribution in [0.1, 0.15) is 25.7 Å². The summed E-state index contributed by atoms with van der Waals surface area (Å²) in [6.45, 7) is 0.481. The van der Waals surface area contributed by atoms with Crippen LogP contribution in [0, 0.1) is 0 Å². The van der Waals surface area contributed by atoms with E-state index in [9.17, 15) is 8.42 Å². The molecular formula is C10H19N3O2S. The zero-order valence-electron chi connectivity index (χ0n) is 9.57. The van der Waals surface area contributed by atoms with Crippen LogP contribution in [0.25, 0.3) is 0 Å². The molecule has 2 fully saturated rings. The van der Waals surface area contributed by atoms with Gasteiger partial charge >= 0.3 is 0 Å². The maximum atomic E-state index is 11.6. The molecule has 0 aromatic rings. The van der Waals surface area contributed by atoms with E-state index >= 15 is 0 Å². The van der Waals surface area contributed by atoms with E-state index in [-0.39, 0.29) is 5.25 Å². The van der Waals surface area contributed by atoms with Crippen molar-refractivity contribution in [1.82, 2.24) is 10.6 Å². The van der Waals surface area contributed by atoms with E-state index in [0.717, 1.165) is 18.8 Å². The molecule has 5 nitrogen and oxygen atoms in total. The third kappa shape index (κ3) is 2.87. The molecule has 2 N–H and O–H groups in total. The molecule has 6 heteroatoms. The molecule has 1 atom stereocenters. The fourth-order valence-corrected chi connectivity index (χ4v) is 3.68. The molecule has 16 heavy (non-hydrogen) atoms. The van der Waals surface area contributed by atoms with Crippen LogP contribution in [-0.4, -0.2) is 45.0 Å². The van der Waals surface area contributed by atoms with E-state index in [1.165, 1.54) is 12.8 Å². The molecule has 1 unspecified atom stereocenters. The van der Waals surface area contributed by atoms with Crippen LogP contribution in [0.3, 0.4) is 0 Å². The zero-order chi connectivity index (χ0) is 11.6. The van der Waals surface area contributed by atoms with Crippen molar-refractivity contribution in [3.63, 3.8) is 0 Å². The molecule has 1 saturated carbocycles. The molecule has 2 aliphatic rings. The molecule has 0 radical (unpaired) electrons. The van der Waals surface area contributed by atoms with Crippen molar-refractivity contribution in [2.45, 2.75) is 37.0 Å². The van der Waals surface area contributed by atoms with Crippen LogP contribution >= 0.6 is 0 Å². The average Bonchev–Trinajstić information content (AvgIpc) is 2.98. The molecular weight excluding hydrogens is 226 g/mol. The molecule has 0 aromatic carbocycles. The van der Waals surface area contributed by atoms with Gasteiger partial charge in [0.1, 0.15) is 0 Å². The number of nitrogens with zero attached hydrogens (tertiary/aromatic N) is 1. The van der Waals surface area contributed by atoms with Gasteiger partial charge in [-0.05, 0) is 25.7 Å². The molecule has 0 amide bonds. The Hall–Kier alpha value is -0.780. The Bertz CT molecular complexity index is 374. The van der Waals surface area contributed by atoms with E-state index < -0.39 is 9.84 Å². The van der Waals surface area contributed by atoms with Gasteiger partial charge in [-0.3, -0.25) is 4.99 Å². The van der Waals surface area contributed by atoms with Crippen molar-refractivity contribution >= 4 is 15.8 Å². The Morgan fingerprint density at radius 1 is 1.38 bits per heavy atom. The number of hydrogen-bond donors (Lipinski definition) is 2. The summed E-state index contributed by atoms with van der Waals surface area (Å²) in [4.78, 5) is 4.08. The second-order valence-electron chi connectivity index (χ2n) is 4.50. The van der Waals surface area contributed by atoms with Crippen LogP contribution < -0.4 is 10.6 Å². The summed E-state index contributed by atoms with van der Waals surface area (Å²) >= 11 is 0. The molecule has 1 aliphatic heterocycles. The smallest absolute Gasteiger partial charge is 0.191 e. The van der Waals surface area contributed by atoms with E-state index in [0.29, 0.717) is 18.3 Å². The number of rotatable bonds is 3. The normalized spacial score (nSPS) is 29.1. The van der Waals surface area contributed by atoms with Crippen LogP contribution in [0.15, 0.2) is 4.99 Å². The third-order valence-electron chi connectivity index (χ3n) is 3.10. The summed E-state index contributed by atoms with van der Waals surface area (Å²) in [5.41, 5.74) is 0. The van der Waals surface area contributed by atoms with Crippen molar-refractivity contribution in [3.05, 3.63) is 0 Å². The highest BCUT2D eigenvalue weighted by atomic mass is 32.2. The van der Waals surface area contributed by atoms with E-state index in [1.807, 2.05) is 0 Å². The van der Waals surface area contributed by atoms with Crippen molar-refractivity contribution in [2.75, 3.05) is 19.3 Å². The van der Waals surface area contributed by atoms with Gasteiger partial charge in [-0.25, -0.2) is 8.42 Å². The molecule has 2 rings (SSSR count). The lowest BCUT2D eigenvalue weighted by atomic mass is 10.2. The summed E-state index contributed by atoms with van der Waals surface area (Å²) in [6, 6.07) is 0.534. The maximum absolute atomic E-state index is 11.6. The first-order valence-corrected chi connectivity index (χ1v) is 7.52. The lowest BCUT2D eigenvalue weighted by molar-refractivity contribution is 0.586. The largest absolute Gasteiger partial charge is 0.355 e. The number of aliphatic imine (C=N–C) groups is 1. The minimum absolute atomic E-state index is 0.231. The lowest BCUT2D eigenvalue weighted by Crippen LogP contribution is -2.43. The van der Waals surface area contributed by atoms with Crippen LogP contribution in [0.5, 0.6) is 0 Å². The Labute approximate surface area is 96.6 Å². The highest BCUT2D eigenvalue weighted by Crippen LogP contribution is 2.20. The second kappa shape index (κ2) is 4.61. The number of guanidine groups is 1. The molecule has 92 valence electrons. The Morgan fingerprint density at radius 2 is 2.12 bits per heavy atom. The summed E-state index contributed by atoms with van der Waals surface area (Å²) in [6.07, 6.45) is 3.93. The molecule has 1 aliphatic carbocycles. The zero-order valence-corrected chi connectivity index (χ0v) is 10.4. The van der Waals surface area contributed by atoms with E-state index in [2.05, 4.69) is 15.6 Å². The topological polar surface area (TPSA) is 70.6 Å². The Balaban J connectivity index is 1.81. The van der Waals surface area contributed by atoms with Gasteiger partial charge in [-0.2, -0.15) is 0 Å². The minimum atomic E-state index is -2.85. The van der Waals surface area contributed by atoms with Gasteiger partial charge in [0.2, 0.25) is 0 Å². The highest BCUT2D eigenvalue weighted by Gasteiger charge is 2.31. The first-order chi connectivity index (χ1) is 7.62. The fourth-order valence-electron chi connectivity index (χ4n) is 1.91. The second-order valence-corrected chi connectivity index (χ2v) is 6.90. The summed E-state index contributed by atoms with van der Waals surface area (Å²) in [7, 11) is -1.14. The first-order valence-electron chi connectivity index (χ1n) is 5.80. The van der Waals surface area contributed by atoms with Gasteiger partial charge in [0.05, 0.1) is 11.0 Å². The third-order valence-corrected chi connectivity index (χ3v) is 5.38. The quantitative estimate of drug-likeness (QED) is 0.538. The van der Waals surface area contributed by atoms with E-state index in [1.54, 1.807) is 7.05 Å².